The van der Waals surface area contributed by atoms with Crippen LogP contribution < -0.4 is 10.6 Å². The van der Waals surface area contributed by atoms with Crippen LogP contribution in [0.5, 0.6) is 0 Å². The lowest BCUT2D eigenvalue weighted by atomic mass is 9.86. The third-order valence-electron chi connectivity index (χ3n) is 8.50. The predicted octanol–water partition coefficient (Wildman–Crippen LogP) is 5.45. The van der Waals surface area contributed by atoms with Crippen LogP contribution in [0.4, 0.5) is 0 Å². The van der Waals surface area contributed by atoms with E-state index in [1.807, 2.05) is 18.9 Å². The third kappa shape index (κ3) is 16.0. The molecule has 10 heteroatoms. The highest BCUT2D eigenvalue weighted by molar-refractivity contribution is 5.85. The minimum atomic E-state index is -1.13. The van der Waals surface area contributed by atoms with Gasteiger partial charge in [0.05, 0.1) is 24.6 Å². The van der Waals surface area contributed by atoms with Crippen molar-refractivity contribution < 1.29 is 29.0 Å². The van der Waals surface area contributed by atoms with E-state index in [1.165, 1.54) is 25.7 Å². The van der Waals surface area contributed by atoms with Crippen LogP contribution in [-0.4, -0.2) is 97.1 Å². The molecule has 0 saturated carbocycles. The maximum absolute atomic E-state index is 12.6. The fourth-order valence-corrected chi connectivity index (χ4v) is 5.58. The molecule has 1 rings (SSSR count). The molecule has 0 radical (unpaired) electrons. The van der Waals surface area contributed by atoms with Gasteiger partial charge in [-0.05, 0) is 36.8 Å². The SMILES string of the molecule is C=C/C=C(\C=C)CC(NC(=O)C(C)C(OC)C1CCCN1C=O)C(=O)O.CCC.CCNCC(=O)N(C)C(C(C)CC)C(C)CC. The normalized spacial score (nSPS) is 18.2. The number of likely N-dealkylation sites (N-methyl/N-ethyl adjacent to an activating group) is 2. The molecule has 10 nitrogen and oxygen atoms in total. The lowest BCUT2D eigenvalue weighted by molar-refractivity contribution is -0.144. The van der Waals surface area contributed by atoms with Crippen LogP contribution in [0.2, 0.25) is 0 Å². The van der Waals surface area contributed by atoms with Crippen LogP contribution in [0.25, 0.3) is 0 Å². The Bertz CT molecular complexity index is 929. The van der Waals surface area contributed by atoms with E-state index in [0.29, 0.717) is 36.5 Å². The van der Waals surface area contributed by atoms with Gasteiger partial charge < -0.3 is 30.3 Å². The van der Waals surface area contributed by atoms with Crippen molar-refractivity contribution in [2.24, 2.45) is 17.8 Å². The van der Waals surface area contributed by atoms with Crippen molar-refractivity contribution in [3.8, 4) is 0 Å². The number of nitrogens with one attached hydrogen (secondary N) is 2. The summed E-state index contributed by atoms with van der Waals surface area (Å²) < 4.78 is 5.48. The van der Waals surface area contributed by atoms with Crippen LogP contribution >= 0.6 is 0 Å². The summed E-state index contributed by atoms with van der Waals surface area (Å²) in [5.74, 6) is -0.850. The quantitative estimate of drug-likeness (QED) is 0.125. The number of methoxy groups -OCH3 is 1. The molecule has 0 aromatic heterocycles. The zero-order valence-electron chi connectivity index (χ0n) is 30.5. The molecule has 0 aromatic carbocycles. The molecule has 266 valence electrons. The molecule has 3 N–H and O–H groups in total. The number of aliphatic carboxylic acids is 1. The van der Waals surface area contributed by atoms with Crippen molar-refractivity contribution in [2.75, 3.05) is 33.8 Å². The fourth-order valence-electron chi connectivity index (χ4n) is 5.58. The van der Waals surface area contributed by atoms with Gasteiger partial charge >= 0.3 is 5.97 Å². The summed E-state index contributed by atoms with van der Waals surface area (Å²) >= 11 is 0. The number of hydrogen-bond acceptors (Lipinski definition) is 6. The maximum Gasteiger partial charge on any atom is 0.326 e. The lowest BCUT2D eigenvalue weighted by Gasteiger charge is -2.37. The fraction of sp³-hybridized carbons (Fsp3) is 0.722. The number of hydrogen-bond donors (Lipinski definition) is 3. The van der Waals surface area contributed by atoms with Crippen LogP contribution in [0, 0.1) is 17.8 Å². The Hall–Kier alpha value is -2.98. The lowest BCUT2D eigenvalue weighted by Crippen LogP contribution is -2.50. The number of carboxylic acid groups (broad SMARTS) is 1. The number of rotatable bonds is 19. The first-order chi connectivity index (χ1) is 21.8. The molecule has 46 heavy (non-hydrogen) atoms. The van der Waals surface area contributed by atoms with E-state index >= 15 is 0 Å². The van der Waals surface area contributed by atoms with E-state index in [1.54, 1.807) is 17.9 Å². The van der Waals surface area contributed by atoms with Crippen LogP contribution in [-0.2, 0) is 23.9 Å². The van der Waals surface area contributed by atoms with Gasteiger partial charge in [-0.2, -0.15) is 0 Å². The molecule has 0 spiro atoms. The second-order valence-electron chi connectivity index (χ2n) is 12.1. The molecular formula is C36H66N4O6. The van der Waals surface area contributed by atoms with Gasteiger partial charge in [-0.15, -0.1) is 0 Å². The molecule has 1 aliphatic rings. The number of carbonyl (C=O) groups excluding carboxylic acids is 3. The number of allylic oxidation sites excluding steroid dienone is 3. The molecule has 0 bridgehead atoms. The Morgan fingerprint density at radius 3 is 2.04 bits per heavy atom. The standard InChI is InChI=1S/C19H28N2O5.C14H30N2O.C3H8/c1-5-8-14(6-2)11-15(19(24)25)20-18(23)13(3)17(26-4)16-9-7-10-21(16)12-22;1-7-11(4)14(12(5)8-2)16(6)13(17)10-15-9-3;1-3-2/h5-6,8,12-13,15-17H,1-2,7,9-11H2,3-4H3,(H,20,23)(H,24,25);11-12,14-15H,7-10H2,1-6H3;3H2,1-2H3/b14-8+;;. The van der Waals surface area contributed by atoms with Crippen molar-refractivity contribution in [3.05, 3.63) is 37.0 Å². The summed E-state index contributed by atoms with van der Waals surface area (Å²) in [6, 6.07) is -0.917. The third-order valence-corrected chi connectivity index (χ3v) is 8.50. The predicted molar refractivity (Wildman–Crippen MR) is 188 cm³/mol. The maximum atomic E-state index is 12.6. The summed E-state index contributed by atoms with van der Waals surface area (Å²) in [4.78, 5) is 50.9. The van der Waals surface area contributed by atoms with Gasteiger partial charge in [-0.25, -0.2) is 4.79 Å². The molecule has 0 aromatic rings. The molecule has 1 aliphatic heterocycles. The first-order valence-corrected chi connectivity index (χ1v) is 17.0. The second kappa shape index (κ2) is 26.1. The number of carbonyl (C=O) groups is 4. The highest BCUT2D eigenvalue weighted by Crippen LogP contribution is 2.26. The zero-order chi connectivity index (χ0) is 35.8. The molecular weight excluding hydrogens is 584 g/mol. The minimum Gasteiger partial charge on any atom is -0.480 e. The summed E-state index contributed by atoms with van der Waals surface area (Å²) in [5.41, 5.74) is 0.659. The van der Waals surface area contributed by atoms with Gasteiger partial charge in [0.2, 0.25) is 18.2 Å². The van der Waals surface area contributed by atoms with Gasteiger partial charge in [-0.3, -0.25) is 14.4 Å². The van der Waals surface area contributed by atoms with Gasteiger partial charge in [0.15, 0.2) is 0 Å². The van der Waals surface area contributed by atoms with Gasteiger partial charge in [-0.1, -0.05) is 106 Å². The van der Waals surface area contributed by atoms with E-state index in [-0.39, 0.29) is 18.4 Å². The van der Waals surface area contributed by atoms with Crippen LogP contribution in [0.1, 0.15) is 93.9 Å². The second-order valence-corrected chi connectivity index (χ2v) is 12.1. The van der Waals surface area contributed by atoms with E-state index in [4.69, 9.17) is 4.74 Å². The number of carboxylic acids is 1. The van der Waals surface area contributed by atoms with E-state index in [2.05, 4.69) is 65.3 Å². The molecule has 3 amide bonds. The van der Waals surface area contributed by atoms with Crippen LogP contribution in [0.3, 0.4) is 0 Å². The Kier molecular flexibility index (Phi) is 25.6. The molecule has 0 aliphatic carbocycles. The summed E-state index contributed by atoms with van der Waals surface area (Å²) in [6.07, 6.45) is 10.2. The average molecular weight is 651 g/mol. The first-order valence-electron chi connectivity index (χ1n) is 17.0. The van der Waals surface area contributed by atoms with Crippen molar-refractivity contribution >= 4 is 24.2 Å². The number of nitrogens with zero attached hydrogens (tertiary/aromatic N) is 2. The Morgan fingerprint density at radius 2 is 1.63 bits per heavy atom. The Labute approximate surface area is 280 Å². The number of likely N-dealkylation sites (tertiary alicyclic amines) is 1. The zero-order valence-corrected chi connectivity index (χ0v) is 30.5. The topological polar surface area (TPSA) is 128 Å². The Balaban J connectivity index is 0. The van der Waals surface area contributed by atoms with E-state index in [0.717, 1.165) is 38.6 Å². The Morgan fingerprint density at radius 1 is 1.07 bits per heavy atom. The largest absolute Gasteiger partial charge is 0.480 e. The van der Waals surface area contributed by atoms with Gasteiger partial charge in [0, 0.05) is 33.2 Å². The minimum absolute atomic E-state index is 0.102. The van der Waals surface area contributed by atoms with Crippen molar-refractivity contribution in [2.45, 2.75) is 118 Å². The summed E-state index contributed by atoms with van der Waals surface area (Å²) in [5, 5.41) is 15.1. The van der Waals surface area contributed by atoms with E-state index in [9.17, 15) is 24.3 Å². The highest BCUT2D eigenvalue weighted by atomic mass is 16.5. The van der Waals surface area contributed by atoms with Crippen LogP contribution in [0.15, 0.2) is 37.0 Å². The van der Waals surface area contributed by atoms with Crippen molar-refractivity contribution in [3.63, 3.8) is 0 Å². The number of amides is 3. The molecule has 1 fully saturated rings. The summed E-state index contributed by atoms with van der Waals surface area (Å²) in [7, 11) is 3.44. The van der Waals surface area contributed by atoms with Gasteiger partial charge in [0.25, 0.3) is 0 Å². The molecule has 6 unspecified atom stereocenters. The van der Waals surface area contributed by atoms with Crippen molar-refractivity contribution in [1.82, 2.24) is 20.4 Å². The van der Waals surface area contributed by atoms with Crippen molar-refractivity contribution in [1.29, 1.82) is 0 Å². The molecule has 1 heterocycles. The highest BCUT2D eigenvalue weighted by Gasteiger charge is 2.38. The average Bonchev–Trinajstić information content (AvgIpc) is 3.51. The van der Waals surface area contributed by atoms with Gasteiger partial charge in [0.1, 0.15) is 6.04 Å². The molecule has 6 atom stereocenters. The summed E-state index contributed by atoms with van der Waals surface area (Å²) in [6.45, 7) is 26.0. The smallest absolute Gasteiger partial charge is 0.326 e. The molecule has 1 saturated heterocycles. The monoisotopic (exact) mass is 650 g/mol. The number of ether oxygens (including phenoxy) is 1. The van der Waals surface area contributed by atoms with E-state index < -0.39 is 29.9 Å². The first kappa shape index (κ1) is 45.1.